The van der Waals surface area contributed by atoms with E-state index in [1.54, 1.807) is 11.9 Å². The molecule has 0 aromatic carbocycles. The zero-order chi connectivity index (χ0) is 10.6. The molecule has 0 bridgehead atoms. The Hall–Kier alpha value is -0.810. The molecule has 1 aliphatic rings. The second-order valence-corrected chi connectivity index (χ2v) is 3.90. The average molecular weight is 200 g/mol. The van der Waals surface area contributed by atoms with Gasteiger partial charge < -0.3 is 15.5 Å². The number of hydrogen-bond donors (Lipinski definition) is 1. The van der Waals surface area contributed by atoms with E-state index >= 15 is 0 Å². The van der Waals surface area contributed by atoms with Crippen molar-refractivity contribution in [1.29, 1.82) is 0 Å². The normalized spacial score (nSPS) is 19.6. The van der Waals surface area contributed by atoms with Gasteiger partial charge in [0.25, 0.3) is 0 Å². The van der Waals surface area contributed by atoms with Gasteiger partial charge in [0.2, 0.25) is 0 Å². The molecule has 2 N–H and O–H groups in total. The monoisotopic (exact) mass is 200 g/mol. The Morgan fingerprint density at radius 1 is 1.36 bits per heavy atom. The molecule has 14 heavy (non-hydrogen) atoms. The molecule has 1 heterocycles. The molecule has 5 nitrogen and oxygen atoms in total. The van der Waals surface area contributed by atoms with E-state index in [0.29, 0.717) is 0 Å². The molecule has 1 rings (SSSR count). The highest BCUT2D eigenvalue weighted by atomic mass is 16.2. The maximum atomic E-state index is 10.7. The number of hydrogen-bond acceptors (Lipinski definition) is 3. The van der Waals surface area contributed by atoms with Gasteiger partial charge in [0, 0.05) is 46.3 Å². The first-order valence-electron chi connectivity index (χ1n) is 5.01. The Balaban J connectivity index is 2.16. The first-order chi connectivity index (χ1) is 6.59. The summed E-state index contributed by atoms with van der Waals surface area (Å²) in [5.41, 5.74) is 5.13. The van der Waals surface area contributed by atoms with Crippen molar-refractivity contribution in [3.05, 3.63) is 0 Å². The molecule has 0 unspecified atom stereocenters. The molecule has 0 spiro atoms. The van der Waals surface area contributed by atoms with Gasteiger partial charge in [0.1, 0.15) is 0 Å². The van der Waals surface area contributed by atoms with Crippen LogP contribution in [0, 0.1) is 0 Å². The lowest BCUT2D eigenvalue weighted by atomic mass is 10.3. The van der Waals surface area contributed by atoms with Crippen molar-refractivity contribution in [3.63, 3.8) is 0 Å². The van der Waals surface area contributed by atoms with E-state index in [0.717, 1.165) is 39.3 Å². The molecule has 0 atom stereocenters. The Bertz CT molecular complexity index is 189. The summed E-state index contributed by atoms with van der Waals surface area (Å²) in [4.78, 5) is 17.0. The van der Waals surface area contributed by atoms with Gasteiger partial charge in [-0.2, -0.15) is 0 Å². The van der Waals surface area contributed by atoms with Gasteiger partial charge >= 0.3 is 6.03 Å². The Morgan fingerprint density at radius 2 is 1.93 bits per heavy atom. The number of carbonyl (C=O) groups excluding carboxylic acids is 1. The molecule has 2 amide bonds. The van der Waals surface area contributed by atoms with Crippen LogP contribution in [0.2, 0.25) is 0 Å². The number of nitrogens with two attached hydrogens (primary N) is 1. The second-order valence-electron chi connectivity index (χ2n) is 3.90. The number of rotatable bonds is 3. The third-order valence-corrected chi connectivity index (χ3v) is 2.72. The Labute approximate surface area is 85.4 Å². The molecule has 1 fully saturated rings. The van der Waals surface area contributed by atoms with E-state index in [1.807, 2.05) is 0 Å². The number of primary amides is 1. The van der Waals surface area contributed by atoms with Crippen molar-refractivity contribution < 1.29 is 4.79 Å². The first kappa shape index (κ1) is 11.3. The fourth-order valence-corrected chi connectivity index (χ4v) is 1.47. The van der Waals surface area contributed by atoms with Crippen molar-refractivity contribution in [2.24, 2.45) is 5.73 Å². The van der Waals surface area contributed by atoms with Crippen molar-refractivity contribution in [2.75, 3.05) is 53.4 Å². The predicted molar refractivity (Wildman–Crippen MR) is 56.2 cm³/mol. The molecular weight excluding hydrogens is 180 g/mol. The van der Waals surface area contributed by atoms with E-state index in [1.165, 1.54) is 0 Å². The van der Waals surface area contributed by atoms with Crippen molar-refractivity contribution in [1.82, 2.24) is 14.7 Å². The number of piperazine rings is 1. The smallest absolute Gasteiger partial charge is 0.314 e. The summed E-state index contributed by atoms with van der Waals surface area (Å²) in [5, 5.41) is 0. The quantitative estimate of drug-likeness (QED) is 0.652. The number of urea groups is 1. The highest BCUT2D eigenvalue weighted by Crippen LogP contribution is 1.98. The molecule has 1 saturated heterocycles. The van der Waals surface area contributed by atoms with E-state index in [-0.39, 0.29) is 6.03 Å². The van der Waals surface area contributed by atoms with Crippen LogP contribution in [-0.2, 0) is 0 Å². The number of carbonyl (C=O) groups is 1. The van der Waals surface area contributed by atoms with Crippen LogP contribution in [0.1, 0.15) is 0 Å². The summed E-state index contributed by atoms with van der Waals surface area (Å²) in [6.45, 7) is 6.04. The lowest BCUT2D eigenvalue weighted by Crippen LogP contribution is -2.47. The number of nitrogens with zero attached hydrogens (tertiary/aromatic N) is 3. The van der Waals surface area contributed by atoms with Crippen LogP contribution < -0.4 is 5.73 Å². The van der Waals surface area contributed by atoms with E-state index in [2.05, 4.69) is 16.8 Å². The SMILES string of the molecule is CN1CCN(CCN(C)C(N)=O)CC1. The molecule has 0 radical (unpaired) electrons. The standard InChI is InChI=1S/C9H20N4O/c1-11-3-6-13(7-4-11)8-5-12(2)9(10)14/h3-8H2,1-2H3,(H2,10,14). The largest absolute Gasteiger partial charge is 0.351 e. The van der Waals surface area contributed by atoms with Gasteiger partial charge in [0.05, 0.1) is 0 Å². The molecule has 1 aliphatic heterocycles. The van der Waals surface area contributed by atoms with Gasteiger partial charge in [-0.15, -0.1) is 0 Å². The van der Waals surface area contributed by atoms with Crippen LogP contribution in [0.3, 0.4) is 0 Å². The first-order valence-corrected chi connectivity index (χ1v) is 5.01. The Kier molecular flexibility index (Phi) is 4.16. The predicted octanol–water partition coefficient (Wildman–Crippen LogP) is -0.756. The topological polar surface area (TPSA) is 52.8 Å². The summed E-state index contributed by atoms with van der Waals surface area (Å²) in [6, 6.07) is -0.348. The zero-order valence-corrected chi connectivity index (χ0v) is 9.07. The summed E-state index contributed by atoms with van der Waals surface area (Å²) in [7, 11) is 3.87. The van der Waals surface area contributed by atoms with Gasteiger partial charge in [-0.05, 0) is 7.05 Å². The molecule has 0 aromatic heterocycles. The van der Waals surface area contributed by atoms with Crippen molar-refractivity contribution in [3.8, 4) is 0 Å². The number of amides is 2. The van der Waals surface area contributed by atoms with Crippen molar-refractivity contribution >= 4 is 6.03 Å². The van der Waals surface area contributed by atoms with Crippen LogP contribution >= 0.6 is 0 Å². The Morgan fingerprint density at radius 3 is 2.43 bits per heavy atom. The van der Waals surface area contributed by atoms with Gasteiger partial charge in [-0.3, -0.25) is 4.90 Å². The van der Waals surface area contributed by atoms with Crippen LogP contribution in [0.25, 0.3) is 0 Å². The average Bonchev–Trinajstić information content (AvgIpc) is 2.16. The lowest BCUT2D eigenvalue weighted by Gasteiger charge is -2.33. The maximum Gasteiger partial charge on any atom is 0.314 e. The summed E-state index contributed by atoms with van der Waals surface area (Å²) in [5.74, 6) is 0. The minimum atomic E-state index is -0.348. The van der Waals surface area contributed by atoms with Crippen molar-refractivity contribution in [2.45, 2.75) is 0 Å². The number of likely N-dealkylation sites (N-methyl/N-ethyl adjacent to an activating group) is 2. The third kappa shape index (κ3) is 3.51. The van der Waals surface area contributed by atoms with Crippen LogP contribution in [0.15, 0.2) is 0 Å². The molecule has 82 valence electrons. The molecule has 0 aliphatic carbocycles. The van der Waals surface area contributed by atoms with Crippen LogP contribution in [-0.4, -0.2) is 74.1 Å². The van der Waals surface area contributed by atoms with Gasteiger partial charge in [0.15, 0.2) is 0 Å². The molecule has 0 aromatic rings. The van der Waals surface area contributed by atoms with E-state index in [4.69, 9.17) is 5.73 Å². The van der Waals surface area contributed by atoms with E-state index in [9.17, 15) is 4.79 Å². The van der Waals surface area contributed by atoms with Crippen LogP contribution in [0.5, 0.6) is 0 Å². The van der Waals surface area contributed by atoms with Gasteiger partial charge in [-0.1, -0.05) is 0 Å². The molecule has 0 saturated carbocycles. The summed E-state index contributed by atoms with van der Waals surface area (Å²) < 4.78 is 0. The van der Waals surface area contributed by atoms with Crippen LogP contribution in [0.4, 0.5) is 4.79 Å². The highest BCUT2D eigenvalue weighted by molar-refractivity contribution is 5.71. The fraction of sp³-hybridized carbons (Fsp3) is 0.889. The van der Waals surface area contributed by atoms with Gasteiger partial charge in [-0.25, -0.2) is 4.79 Å². The zero-order valence-electron chi connectivity index (χ0n) is 9.07. The highest BCUT2D eigenvalue weighted by Gasteiger charge is 2.14. The lowest BCUT2D eigenvalue weighted by molar-refractivity contribution is 0.143. The van der Waals surface area contributed by atoms with E-state index < -0.39 is 0 Å². The third-order valence-electron chi connectivity index (χ3n) is 2.72. The summed E-state index contributed by atoms with van der Waals surface area (Å²) in [6.07, 6.45) is 0. The molecular formula is C9H20N4O. The second kappa shape index (κ2) is 5.17. The minimum Gasteiger partial charge on any atom is -0.351 e. The maximum absolute atomic E-state index is 10.7. The fourth-order valence-electron chi connectivity index (χ4n) is 1.47. The molecule has 5 heteroatoms. The summed E-state index contributed by atoms with van der Waals surface area (Å²) >= 11 is 0. The minimum absolute atomic E-state index is 0.348.